The van der Waals surface area contributed by atoms with Crippen molar-refractivity contribution in [1.29, 1.82) is 0 Å². The number of carbonyl (C=O) groups is 1. The Morgan fingerprint density at radius 2 is 1.84 bits per heavy atom. The van der Waals surface area contributed by atoms with Crippen molar-refractivity contribution in [2.24, 2.45) is 0 Å². The van der Waals surface area contributed by atoms with Gasteiger partial charge >= 0.3 is 0 Å². The zero-order valence-corrected chi connectivity index (χ0v) is 17.2. The van der Waals surface area contributed by atoms with Crippen LogP contribution in [0.15, 0.2) is 60.0 Å². The third-order valence-corrected chi connectivity index (χ3v) is 6.11. The number of fused-ring (bicyclic) bond motifs is 3. The van der Waals surface area contributed by atoms with Crippen LogP contribution in [0.1, 0.15) is 16.8 Å². The molecule has 1 amide bonds. The minimum atomic E-state index is -0.975. The number of halogens is 2. The fraction of sp³-hybridized carbons (Fsp3) is 0.125. The van der Waals surface area contributed by atoms with Gasteiger partial charge in [-0.1, -0.05) is 36.4 Å². The number of hydrogen-bond donors (Lipinski definition) is 1. The molecule has 1 aliphatic carbocycles. The number of aryl methyl sites for hydroxylation is 2. The first kappa shape index (κ1) is 19.5. The molecule has 0 fully saturated rings. The Kier molecular flexibility index (Phi) is 5.03. The molecule has 154 valence electrons. The van der Waals surface area contributed by atoms with E-state index >= 15 is 0 Å². The van der Waals surface area contributed by atoms with Crippen LogP contribution < -0.4 is 5.32 Å². The molecule has 1 N–H and O–H groups in total. The minimum absolute atomic E-state index is 0.0946. The third kappa shape index (κ3) is 3.84. The zero-order chi connectivity index (χ0) is 21.4. The standard InChI is InChI=1S/C24H17F2N3OS/c25-17-9-7-14(12-18(17)26)13-21(30)28-24-23(20-6-3-11-31-20)29-22-16-5-2-1-4-15(16)8-10-19(22)27-24/h1-7,9,11-12H,8,10,13H2,(H,27,28,30). The van der Waals surface area contributed by atoms with Crippen LogP contribution in [0.25, 0.3) is 21.8 Å². The molecule has 1 aliphatic rings. The summed E-state index contributed by atoms with van der Waals surface area (Å²) in [6.07, 6.45) is 1.50. The van der Waals surface area contributed by atoms with Gasteiger partial charge in [-0.2, -0.15) is 0 Å². The zero-order valence-electron chi connectivity index (χ0n) is 16.4. The van der Waals surface area contributed by atoms with Crippen molar-refractivity contribution in [3.8, 4) is 21.8 Å². The van der Waals surface area contributed by atoms with Gasteiger partial charge in [-0.25, -0.2) is 18.7 Å². The number of benzene rings is 2. The van der Waals surface area contributed by atoms with Crippen LogP contribution in [0.5, 0.6) is 0 Å². The van der Waals surface area contributed by atoms with Crippen molar-refractivity contribution < 1.29 is 13.6 Å². The number of thiophene rings is 1. The summed E-state index contributed by atoms with van der Waals surface area (Å²) in [7, 11) is 0. The molecule has 2 aromatic carbocycles. The maximum atomic E-state index is 13.5. The van der Waals surface area contributed by atoms with E-state index in [0.717, 1.165) is 46.8 Å². The first-order chi connectivity index (χ1) is 15.1. The fourth-order valence-electron chi connectivity index (χ4n) is 3.77. The number of rotatable bonds is 4. The summed E-state index contributed by atoms with van der Waals surface area (Å²) < 4.78 is 26.7. The monoisotopic (exact) mass is 433 g/mol. The lowest BCUT2D eigenvalue weighted by molar-refractivity contribution is -0.115. The van der Waals surface area contributed by atoms with Crippen LogP contribution in [-0.2, 0) is 24.1 Å². The number of hydrogen-bond acceptors (Lipinski definition) is 4. The maximum absolute atomic E-state index is 13.5. The Morgan fingerprint density at radius 3 is 2.65 bits per heavy atom. The topological polar surface area (TPSA) is 54.9 Å². The summed E-state index contributed by atoms with van der Waals surface area (Å²) in [5.74, 6) is -1.90. The lowest BCUT2D eigenvalue weighted by Crippen LogP contribution is -2.18. The highest BCUT2D eigenvalue weighted by atomic mass is 32.1. The summed E-state index contributed by atoms with van der Waals surface area (Å²) in [5.41, 5.74) is 4.95. The molecule has 0 atom stereocenters. The third-order valence-electron chi connectivity index (χ3n) is 5.23. The molecule has 0 bridgehead atoms. The summed E-state index contributed by atoms with van der Waals surface area (Å²) in [4.78, 5) is 23.2. The second-order valence-corrected chi connectivity index (χ2v) is 8.27. The van der Waals surface area contributed by atoms with Crippen molar-refractivity contribution in [3.05, 3.63) is 88.4 Å². The Labute approximate surface area is 181 Å². The number of nitrogens with zero attached hydrogens (tertiary/aromatic N) is 2. The predicted octanol–water partition coefficient (Wildman–Crippen LogP) is 5.43. The molecule has 0 spiro atoms. The van der Waals surface area contributed by atoms with Gasteiger partial charge in [0, 0.05) is 5.56 Å². The van der Waals surface area contributed by atoms with Gasteiger partial charge < -0.3 is 5.32 Å². The molecule has 0 saturated carbocycles. The molecule has 2 heterocycles. The van der Waals surface area contributed by atoms with Crippen molar-refractivity contribution in [3.63, 3.8) is 0 Å². The fourth-order valence-corrected chi connectivity index (χ4v) is 4.48. The van der Waals surface area contributed by atoms with Crippen LogP contribution in [0.3, 0.4) is 0 Å². The molecule has 2 aromatic heterocycles. The van der Waals surface area contributed by atoms with E-state index in [2.05, 4.69) is 11.4 Å². The molecular weight excluding hydrogens is 416 g/mol. The van der Waals surface area contributed by atoms with Gasteiger partial charge in [-0.15, -0.1) is 11.3 Å². The highest BCUT2D eigenvalue weighted by Gasteiger charge is 2.23. The Bertz CT molecular complexity index is 1290. The molecule has 0 aliphatic heterocycles. The predicted molar refractivity (Wildman–Crippen MR) is 117 cm³/mol. The van der Waals surface area contributed by atoms with E-state index < -0.39 is 11.6 Å². The van der Waals surface area contributed by atoms with Gasteiger partial charge in [0.1, 0.15) is 5.69 Å². The molecule has 0 unspecified atom stereocenters. The smallest absolute Gasteiger partial charge is 0.230 e. The van der Waals surface area contributed by atoms with Crippen molar-refractivity contribution in [2.75, 3.05) is 5.32 Å². The van der Waals surface area contributed by atoms with Gasteiger partial charge in [0.2, 0.25) is 5.91 Å². The molecule has 4 aromatic rings. The van der Waals surface area contributed by atoms with E-state index in [-0.39, 0.29) is 12.3 Å². The lowest BCUT2D eigenvalue weighted by Gasteiger charge is -2.20. The van der Waals surface area contributed by atoms with Crippen LogP contribution >= 0.6 is 11.3 Å². The molecule has 31 heavy (non-hydrogen) atoms. The second kappa shape index (κ2) is 8.00. The summed E-state index contributed by atoms with van der Waals surface area (Å²) in [5, 5.41) is 4.78. The van der Waals surface area contributed by atoms with Gasteiger partial charge in [0.15, 0.2) is 17.5 Å². The average molecular weight is 433 g/mol. The Morgan fingerprint density at radius 1 is 0.968 bits per heavy atom. The SMILES string of the molecule is O=C(Cc1ccc(F)c(F)c1)Nc1nc2c(nc1-c1cccs1)-c1ccccc1CC2. The quantitative estimate of drug-likeness (QED) is 0.467. The van der Waals surface area contributed by atoms with E-state index in [1.165, 1.54) is 23.0 Å². The van der Waals surface area contributed by atoms with Crippen LogP contribution in [0.4, 0.5) is 14.6 Å². The average Bonchev–Trinajstić information content (AvgIpc) is 3.30. The van der Waals surface area contributed by atoms with Crippen molar-refractivity contribution in [1.82, 2.24) is 9.97 Å². The van der Waals surface area contributed by atoms with E-state index in [4.69, 9.17) is 9.97 Å². The first-order valence-electron chi connectivity index (χ1n) is 9.85. The largest absolute Gasteiger partial charge is 0.309 e. The summed E-state index contributed by atoms with van der Waals surface area (Å²) in [6.45, 7) is 0. The molecule has 0 radical (unpaired) electrons. The molecule has 4 nitrogen and oxygen atoms in total. The highest BCUT2D eigenvalue weighted by Crippen LogP contribution is 2.36. The number of carbonyl (C=O) groups excluding carboxylic acids is 1. The number of amides is 1. The maximum Gasteiger partial charge on any atom is 0.230 e. The van der Waals surface area contributed by atoms with Crippen molar-refractivity contribution >= 4 is 23.1 Å². The van der Waals surface area contributed by atoms with Gasteiger partial charge in [-0.05, 0) is 47.5 Å². The number of nitrogens with one attached hydrogen (secondary N) is 1. The van der Waals surface area contributed by atoms with Gasteiger partial charge in [-0.3, -0.25) is 4.79 Å². The van der Waals surface area contributed by atoms with E-state index in [1.54, 1.807) is 0 Å². The first-order valence-corrected chi connectivity index (χ1v) is 10.7. The van der Waals surface area contributed by atoms with E-state index in [0.29, 0.717) is 17.1 Å². The second-order valence-electron chi connectivity index (χ2n) is 7.32. The summed E-state index contributed by atoms with van der Waals surface area (Å²) >= 11 is 1.51. The Balaban J connectivity index is 1.51. The van der Waals surface area contributed by atoms with E-state index in [1.807, 2.05) is 35.7 Å². The Hall–Kier alpha value is -3.45. The van der Waals surface area contributed by atoms with Gasteiger partial charge in [0.25, 0.3) is 0 Å². The highest BCUT2D eigenvalue weighted by molar-refractivity contribution is 7.13. The lowest BCUT2D eigenvalue weighted by atomic mass is 9.92. The normalized spacial score (nSPS) is 12.2. The molecular formula is C24H17F2N3OS. The van der Waals surface area contributed by atoms with E-state index in [9.17, 15) is 13.6 Å². The summed E-state index contributed by atoms with van der Waals surface area (Å²) in [6, 6.07) is 15.4. The number of anilines is 1. The van der Waals surface area contributed by atoms with Crippen LogP contribution in [0.2, 0.25) is 0 Å². The molecule has 0 saturated heterocycles. The van der Waals surface area contributed by atoms with Crippen LogP contribution in [0, 0.1) is 11.6 Å². The van der Waals surface area contributed by atoms with Gasteiger partial charge in [0.05, 0.1) is 22.7 Å². The van der Waals surface area contributed by atoms with Crippen molar-refractivity contribution in [2.45, 2.75) is 19.3 Å². The molecule has 7 heteroatoms. The van der Waals surface area contributed by atoms with Crippen LogP contribution in [-0.4, -0.2) is 15.9 Å². The minimum Gasteiger partial charge on any atom is -0.309 e. The molecule has 5 rings (SSSR count). The number of aromatic nitrogens is 2.